The Balaban J connectivity index is 2.03. The van der Waals surface area contributed by atoms with Gasteiger partial charge in [-0.2, -0.15) is 0 Å². The third kappa shape index (κ3) is 2.91. The Kier molecular flexibility index (Phi) is 4.37. The van der Waals surface area contributed by atoms with Crippen LogP contribution >= 0.6 is 15.9 Å². The molecule has 98 valence electrons. The van der Waals surface area contributed by atoms with Gasteiger partial charge in [-0.25, -0.2) is 0 Å². The molecule has 1 aliphatic rings. The van der Waals surface area contributed by atoms with E-state index >= 15 is 0 Å². The number of carbonyl (C=O) groups excluding carboxylic acids is 1. The number of aryl methyl sites for hydroxylation is 1. The fourth-order valence-corrected chi connectivity index (χ4v) is 2.68. The molecule has 18 heavy (non-hydrogen) atoms. The molecule has 0 aromatic heterocycles. The fraction of sp³-hybridized carbons (Fsp3) is 0.462. The zero-order chi connectivity index (χ0) is 13.1. The molecule has 1 aromatic rings. The summed E-state index contributed by atoms with van der Waals surface area (Å²) in [4.78, 5) is 11.8. The van der Waals surface area contributed by atoms with Crippen molar-refractivity contribution in [3.63, 3.8) is 0 Å². The number of amides is 1. The number of ether oxygens (including phenoxy) is 1. The lowest BCUT2D eigenvalue weighted by Gasteiger charge is -2.17. The number of nitrogens with two attached hydrogens (primary N) is 1. The minimum atomic E-state index is -0.602. The van der Waals surface area contributed by atoms with Crippen molar-refractivity contribution < 1.29 is 9.53 Å². The topological polar surface area (TPSA) is 64.3 Å². The van der Waals surface area contributed by atoms with Gasteiger partial charge in [0.05, 0.1) is 12.6 Å². The number of rotatable bonds is 4. The molecule has 2 unspecified atom stereocenters. The molecule has 1 aliphatic carbocycles. The highest BCUT2D eigenvalue weighted by molar-refractivity contribution is 9.10. The molecule has 5 heteroatoms. The third-order valence-corrected chi connectivity index (χ3v) is 3.68. The summed E-state index contributed by atoms with van der Waals surface area (Å²) in [6.45, 7) is 0.242. The first-order chi connectivity index (χ1) is 8.61. The van der Waals surface area contributed by atoms with Crippen LogP contribution in [0.5, 0.6) is 0 Å². The van der Waals surface area contributed by atoms with E-state index in [2.05, 4.69) is 33.4 Å². The van der Waals surface area contributed by atoms with Crippen molar-refractivity contribution in [2.24, 2.45) is 5.73 Å². The van der Waals surface area contributed by atoms with Crippen molar-refractivity contribution in [3.8, 4) is 0 Å². The first-order valence-corrected chi connectivity index (χ1v) is 6.74. The Morgan fingerprint density at radius 1 is 1.67 bits per heavy atom. The van der Waals surface area contributed by atoms with Gasteiger partial charge in [0.2, 0.25) is 5.91 Å². The molecule has 0 saturated heterocycles. The average Bonchev–Trinajstić information content (AvgIpc) is 2.72. The zero-order valence-corrected chi connectivity index (χ0v) is 11.9. The molecule has 0 radical (unpaired) electrons. The Hall–Kier alpha value is -0.910. The van der Waals surface area contributed by atoms with Crippen LogP contribution in [0.1, 0.15) is 23.6 Å². The Morgan fingerprint density at radius 2 is 2.44 bits per heavy atom. The summed E-state index contributed by atoms with van der Waals surface area (Å²) in [5.41, 5.74) is 8.18. The van der Waals surface area contributed by atoms with Crippen molar-refractivity contribution in [1.82, 2.24) is 5.32 Å². The second-order valence-corrected chi connectivity index (χ2v) is 5.42. The van der Waals surface area contributed by atoms with Crippen LogP contribution in [-0.2, 0) is 16.0 Å². The minimum Gasteiger partial charge on any atom is -0.383 e. The Bertz CT molecular complexity index is 451. The van der Waals surface area contributed by atoms with Crippen molar-refractivity contribution in [2.45, 2.75) is 24.9 Å². The van der Waals surface area contributed by atoms with Crippen molar-refractivity contribution in [3.05, 3.63) is 33.8 Å². The molecule has 2 atom stereocenters. The fourth-order valence-electron chi connectivity index (χ4n) is 2.27. The van der Waals surface area contributed by atoms with E-state index < -0.39 is 6.04 Å². The quantitative estimate of drug-likeness (QED) is 0.886. The van der Waals surface area contributed by atoms with Gasteiger partial charge in [0.25, 0.3) is 0 Å². The number of nitrogens with one attached hydrogen (secondary N) is 1. The summed E-state index contributed by atoms with van der Waals surface area (Å²) < 4.78 is 5.96. The van der Waals surface area contributed by atoms with Crippen molar-refractivity contribution >= 4 is 21.8 Å². The molecule has 1 aromatic carbocycles. The van der Waals surface area contributed by atoms with E-state index in [1.165, 1.54) is 18.2 Å². The number of benzene rings is 1. The van der Waals surface area contributed by atoms with Gasteiger partial charge in [0, 0.05) is 11.6 Å². The molecule has 0 fully saturated rings. The summed E-state index contributed by atoms with van der Waals surface area (Å²) in [5, 5.41) is 2.98. The average molecular weight is 313 g/mol. The van der Waals surface area contributed by atoms with Gasteiger partial charge in [0.1, 0.15) is 6.04 Å². The first-order valence-electron chi connectivity index (χ1n) is 5.95. The standard InChI is InChI=1S/C13H17BrN2O2/c1-18-7-11(15)13(17)16-12-5-2-8-6-9(14)3-4-10(8)12/h3-4,6,11-12H,2,5,7,15H2,1H3,(H,16,17). The molecule has 4 nitrogen and oxygen atoms in total. The molecule has 2 rings (SSSR count). The number of hydrogen-bond acceptors (Lipinski definition) is 3. The Labute approximate surface area is 115 Å². The van der Waals surface area contributed by atoms with Crippen LogP contribution in [0.2, 0.25) is 0 Å². The molecule has 0 bridgehead atoms. The van der Waals surface area contributed by atoms with Gasteiger partial charge in [-0.05, 0) is 36.1 Å². The van der Waals surface area contributed by atoms with Crippen molar-refractivity contribution in [2.75, 3.05) is 13.7 Å². The van der Waals surface area contributed by atoms with Gasteiger partial charge < -0.3 is 15.8 Å². The zero-order valence-electron chi connectivity index (χ0n) is 10.3. The predicted octanol–water partition coefficient (Wildman–Crippen LogP) is 1.53. The SMILES string of the molecule is COCC(N)C(=O)NC1CCc2cc(Br)ccc21. The summed E-state index contributed by atoms with van der Waals surface area (Å²) >= 11 is 3.46. The van der Waals surface area contributed by atoms with Crippen LogP contribution in [0.15, 0.2) is 22.7 Å². The van der Waals surface area contributed by atoms with Gasteiger partial charge in [-0.1, -0.05) is 22.0 Å². The van der Waals surface area contributed by atoms with Crippen LogP contribution in [0, 0.1) is 0 Å². The highest BCUT2D eigenvalue weighted by atomic mass is 79.9. The molecule has 3 N–H and O–H groups in total. The highest BCUT2D eigenvalue weighted by Gasteiger charge is 2.25. The van der Waals surface area contributed by atoms with E-state index in [9.17, 15) is 4.79 Å². The van der Waals surface area contributed by atoms with E-state index in [1.807, 2.05) is 6.07 Å². The monoisotopic (exact) mass is 312 g/mol. The number of halogens is 1. The second-order valence-electron chi connectivity index (χ2n) is 4.50. The molecule has 0 heterocycles. The molecule has 1 amide bonds. The maximum Gasteiger partial charge on any atom is 0.239 e. The first kappa shape index (κ1) is 13.5. The summed E-state index contributed by atoms with van der Waals surface area (Å²) in [6.07, 6.45) is 1.91. The minimum absolute atomic E-state index is 0.0727. The normalized spacial score (nSPS) is 19.4. The van der Waals surface area contributed by atoms with E-state index in [0.29, 0.717) is 0 Å². The molecule has 0 saturated carbocycles. The summed E-state index contributed by atoms with van der Waals surface area (Å²) in [5.74, 6) is -0.155. The van der Waals surface area contributed by atoms with Crippen LogP contribution in [0.25, 0.3) is 0 Å². The maximum atomic E-state index is 11.8. The molecule has 0 aliphatic heterocycles. The van der Waals surface area contributed by atoms with E-state index in [-0.39, 0.29) is 18.6 Å². The molecular formula is C13H17BrN2O2. The second kappa shape index (κ2) is 5.82. The predicted molar refractivity (Wildman–Crippen MR) is 73.2 cm³/mol. The van der Waals surface area contributed by atoms with E-state index in [4.69, 9.17) is 10.5 Å². The van der Waals surface area contributed by atoms with Gasteiger partial charge in [-0.3, -0.25) is 4.79 Å². The Morgan fingerprint density at radius 3 is 3.17 bits per heavy atom. The van der Waals surface area contributed by atoms with Gasteiger partial charge in [0.15, 0.2) is 0 Å². The third-order valence-electron chi connectivity index (χ3n) is 3.18. The number of fused-ring (bicyclic) bond motifs is 1. The van der Waals surface area contributed by atoms with Crippen LogP contribution < -0.4 is 11.1 Å². The maximum absolute atomic E-state index is 11.8. The lowest BCUT2D eigenvalue weighted by Crippen LogP contribution is -2.44. The molecular weight excluding hydrogens is 296 g/mol. The van der Waals surface area contributed by atoms with Crippen LogP contribution in [-0.4, -0.2) is 25.7 Å². The number of carbonyl (C=O) groups is 1. The van der Waals surface area contributed by atoms with Crippen LogP contribution in [0.3, 0.4) is 0 Å². The smallest absolute Gasteiger partial charge is 0.239 e. The summed E-state index contributed by atoms with van der Waals surface area (Å²) in [6, 6.07) is 5.63. The van der Waals surface area contributed by atoms with Gasteiger partial charge in [-0.15, -0.1) is 0 Å². The van der Waals surface area contributed by atoms with Gasteiger partial charge >= 0.3 is 0 Å². The van der Waals surface area contributed by atoms with Crippen LogP contribution in [0.4, 0.5) is 0 Å². The van der Waals surface area contributed by atoms with E-state index in [0.717, 1.165) is 17.3 Å². The number of hydrogen-bond donors (Lipinski definition) is 2. The summed E-state index contributed by atoms with van der Waals surface area (Å²) in [7, 11) is 1.54. The number of methoxy groups -OCH3 is 1. The van der Waals surface area contributed by atoms with E-state index in [1.54, 1.807) is 0 Å². The highest BCUT2D eigenvalue weighted by Crippen LogP contribution is 2.32. The lowest BCUT2D eigenvalue weighted by molar-refractivity contribution is -0.124. The van der Waals surface area contributed by atoms with Crippen molar-refractivity contribution in [1.29, 1.82) is 0 Å². The lowest BCUT2D eigenvalue weighted by atomic mass is 10.1. The largest absolute Gasteiger partial charge is 0.383 e. The molecule has 0 spiro atoms.